The van der Waals surface area contributed by atoms with Crippen LogP contribution in [0.25, 0.3) is 11.3 Å². The van der Waals surface area contributed by atoms with E-state index < -0.39 is 11.7 Å². The maximum absolute atomic E-state index is 12.7. The quantitative estimate of drug-likeness (QED) is 0.766. The van der Waals surface area contributed by atoms with Gasteiger partial charge in [0.25, 0.3) is 0 Å². The highest BCUT2D eigenvalue weighted by Crippen LogP contribution is 2.30. The number of ether oxygens (including phenoxy) is 1. The van der Waals surface area contributed by atoms with Crippen LogP contribution in [-0.4, -0.2) is 35.9 Å². The van der Waals surface area contributed by atoms with Gasteiger partial charge in [0.2, 0.25) is 0 Å². The molecule has 26 heavy (non-hydrogen) atoms. The summed E-state index contributed by atoms with van der Waals surface area (Å²) >= 11 is 0. The predicted molar refractivity (Wildman–Crippen MR) is 90.5 cm³/mol. The monoisotopic (exact) mass is 360 g/mol. The fourth-order valence-electron chi connectivity index (χ4n) is 2.47. The van der Waals surface area contributed by atoms with E-state index in [0.717, 1.165) is 11.6 Å². The van der Waals surface area contributed by atoms with Crippen LogP contribution in [0.5, 0.6) is 5.75 Å². The molecule has 0 atom stereocenters. The standard InChI is InChI=1S/C19H15F3N2O2/c1-24-11-14(19(20,21)22)7-10-18(24)26-16-8-5-13(6-9-16)17-4-2-3-15(12-25)23-17/h2-10,12H,11H2,1H3. The van der Waals surface area contributed by atoms with Gasteiger partial charge < -0.3 is 9.64 Å². The van der Waals surface area contributed by atoms with Crippen LogP contribution in [0.2, 0.25) is 0 Å². The summed E-state index contributed by atoms with van der Waals surface area (Å²) in [5, 5.41) is 0. The second-order valence-corrected chi connectivity index (χ2v) is 5.74. The highest BCUT2D eigenvalue weighted by Gasteiger charge is 2.35. The summed E-state index contributed by atoms with van der Waals surface area (Å²) in [5.41, 5.74) is 1.16. The van der Waals surface area contributed by atoms with Crippen molar-refractivity contribution >= 4 is 6.29 Å². The van der Waals surface area contributed by atoms with E-state index >= 15 is 0 Å². The number of carbonyl (C=O) groups is 1. The third kappa shape index (κ3) is 3.93. The van der Waals surface area contributed by atoms with Gasteiger partial charge in [0.05, 0.1) is 17.8 Å². The van der Waals surface area contributed by atoms with Gasteiger partial charge in [-0.3, -0.25) is 4.79 Å². The Kier molecular flexibility index (Phi) is 4.79. The fourth-order valence-corrected chi connectivity index (χ4v) is 2.47. The molecule has 1 aliphatic rings. The number of likely N-dealkylation sites (N-methyl/N-ethyl adjacent to an activating group) is 1. The van der Waals surface area contributed by atoms with Crippen LogP contribution in [0.1, 0.15) is 10.5 Å². The van der Waals surface area contributed by atoms with Crippen molar-refractivity contribution in [2.75, 3.05) is 13.6 Å². The number of nitrogens with zero attached hydrogens (tertiary/aromatic N) is 2. The largest absolute Gasteiger partial charge is 0.441 e. The Morgan fingerprint density at radius 2 is 1.85 bits per heavy atom. The lowest BCUT2D eigenvalue weighted by Crippen LogP contribution is -2.31. The number of allylic oxidation sites excluding steroid dienone is 2. The Balaban J connectivity index is 1.76. The molecular formula is C19H15F3N2O2. The smallest absolute Gasteiger partial charge is 0.414 e. The summed E-state index contributed by atoms with van der Waals surface area (Å²) in [6.45, 7) is -0.268. The molecule has 0 amide bonds. The Labute approximate surface area is 148 Å². The number of halogens is 3. The molecular weight excluding hydrogens is 345 g/mol. The van der Waals surface area contributed by atoms with Crippen molar-refractivity contribution in [1.82, 2.24) is 9.88 Å². The molecule has 0 bridgehead atoms. The lowest BCUT2D eigenvalue weighted by Gasteiger charge is -2.27. The van der Waals surface area contributed by atoms with Gasteiger partial charge in [-0.2, -0.15) is 13.2 Å². The molecule has 4 nitrogen and oxygen atoms in total. The zero-order valence-corrected chi connectivity index (χ0v) is 13.8. The topological polar surface area (TPSA) is 42.4 Å². The van der Waals surface area contributed by atoms with Gasteiger partial charge >= 0.3 is 6.18 Å². The molecule has 1 aliphatic heterocycles. The van der Waals surface area contributed by atoms with Crippen molar-refractivity contribution in [2.45, 2.75) is 6.18 Å². The third-order valence-corrected chi connectivity index (χ3v) is 3.84. The lowest BCUT2D eigenvalue weighted by atomic mass is 10.1. The molecule has 0 saturated heterocycles. The number of pyridine rings is 1. The highest BCUT2D eigenvalue weighted by molar-refractivity contribution is 5.73. The molecule has 2 aromatic rings. The maximum atomic E-state index is 12.7. The summed E-state index contributed by atoms with van der Waals surface area (Å²) in [6.07, 6.45) is -1.34. The summed E-state index contributed by atoms with van der Waals surface area (Å²) < 4.78 is 43.9. The molecule has 0 fully saturated rings. The number of aromatic nitrogens is 1. The van der Waals surface area contributed by atoms with Crippen molar-refractivity contribution in [1.29, 1.82) is 0 Å². The van der Waals surface area contributed by atoms with Gasteiger partial charge in [0.1, 0.15) is 11.4 Å². The molecule has 0 saturated carbocycles. The number of hydrogen-bond acceptors (Lipinski definition) is 4. The van der Waals surface area contributed by atoms with E-state index in [-0.39, 0.29) is 6.54 Å². The highest BCUT2D eigenvalue weighted by atomic mass is 19.4. The van der Waals surface area contributed by atoms with Crippen molar-refractivity contribution < 1.29 is 22.7 Å². The second-order valence-electron chi connectivity index (χ2n) is 5.74. The van der Waals surface area contributed by atoms with E-state index in [1.807, 2.05) is 0 Å². The molecule has 0 spiro atoms. The second kappa shape index (κ2) is 7.03. The van der Waals surface area contributed by atoms with Crippen LogP contribution in [0, 0.1) is 0 Å². The number of hydrogen-bond donors (Lipinski definition) is 0. The minimum Gasteiger partial charge on any atom is -0.441 e. The van der Waals surface area contributed by atoms with Gasteiger partial charge in [-0.05, 0) is 48.6 Å². The zero-order valence-electron chi connectivity index (χ0n) is 13.8. The maximum Gasteiger partial charge on any atom is 0.414 e. The average molecular weight is 360 g/mol. The third-order valence-electron chi connectivity index (χ3n) is 3.84. The number of carbonyl (C=O) groups excluding carboxylic acids is 1. The van der Waals surface area contributed by atoms with E-state index in [2.05, 4.69) is 4.98 Å². The molecule has 7 heteroatoms. The van der Waals surface area contributed by atoms with Crippen molar-refractivity contribution in [3.63, 3.8) is 0 Å². The normalized spacial score (nSPS) is 14.5. The predicted octanol–water partition coefficient (Wildman–Crippen LogP) is 4.22. The Morgan fingerprint density at radius 3 is 2.46 bits per heavy atom. The Bertz CT molecular complexity index is 871. The van der Waals surface area contributed by atoms with Gasteiger partial charge in [-0.25, -0.2) is 4.98 Å². The molecule has 0 radical (unpaired) electrons. The van der Waals surface area contributed by atoms with Crippen LogP contribution >= 0.6 is 0 Å². The van der Waals surface area contributed by atoms with Crippen molar-refractivity contribution in [3.8, 4) is 17.0 Å². The molecule has 3 rings (SSSR count). The first kappa shape index (κ1) is 17.7. The molecule has 2 heterocycles. The molecule has 1 aromatic heterocycles. The van der Waals surface area contributed by atoms with Crippen LogP contribution in [0.4, 0.5) is 13.2 Å². The van der Waals surface area contributed by atoms with Crippen LogP contribution in [0.3, 0.4) is 0 Å². The summed E-state index contributed by atoms with van der Waals surface area (Å²) in [6, 6.07) is 12.1. The number of benzene rings is 1. The fraction of sp³-hybridized carbons (Fsp3) is 0.158. The summed E-state index contributed by atoms with van der Waals surface area (Å²) in [7, 11) is 1.54. The Morgan fingerprint density at radius 1 is 1.12 bits per heavy atom. The summed E-state index contributed by atoms with van der Waals surface area (Å²) in [5.74, 6) is 0.814. The lowest BCUT2D eigenvalue weighted by molar-refractivity contribution is -0.0957. The first-order valence-electron chi connectivity index (χ1n) is 7.76. The Hall–Kier alpha value is -3.09. The van der Waals surface area contributed by atoms with Crippen molar-refractivity contribution in [2.24, 2.45) is 0 Å². The van der Waals surface area contributed by atoms with Gasteiger partial charge in [-0.1, -0.05) is 6.07 Å². The number of rotatable bonds is 4. The van der Waals surface area contributed by atoms with Crippen LogP contribution in [-0.2, 0) is 0 Å². The molecule has 0 N–H and O–H groups in total. The molecule has 0 aliphatic carbocycles. The minimum atomic E-state index is -4.35. The van der Waals surface area contributed by atoms with Gasteiger partial charge in [-0.15, -0.1) is 0 Å². The molecule has 0 unspecified atom stereocenters. The molecule has 1 aromatic carbocycles. The van der Waals surface area contributed by atoms with Gasteiger partial charge in [0.15, 0.2) is 12.2 Å². The van der Waals surface area contributed by atoms with Gasteiger partial charge in [0, 0.05) is 12.6 Å². The number of aldehydes is 1. The van der Waals surface area contributed by atoms with Crippen molar-refractivity contribution in [3.05, 3.63) is 71.8 Å². The first-order chi connectivity index (χ1) is 12.4. The van der Waals surface area contributed by atoms with E-state index in [1.54, 1.807) is 42.5 Å². The molecule has 134 valence electrons. The SMILES string of the molecule is CN1CC(C(F)(F)F)=CC=C1Oc1ccc(-c2cccc(C=O)n2)cc1. The van der Waals surface area contributed by atoms with E-state index in [9.17, 15) is 18.0 Å². The van der Waals surface area contributed by atoms with E-state index in [0.29, 0.717) is 29.3 Å². The van der Waals surface area contributed by atoms with E-state index in [1.165, 1.54) is 18.0 Å². The van der Waals surface area contributed by atoms with Crippen LogP contribution < -0.4 is 4.74 Å². The zero-order chi connectivity index (χ0) is 18.7. The van der Waals surface area contributed by atoms with E-state index in [4.69, 9.17) is 4.74 Å². The summed E-state index contributed by atoms with van der Waals surface area (Å²) in [4.78, 5) is 16.4. The number of alkyl halides is 3. The average Bonchev–Trinajstić information content (AvgIpc) is 2.63. The minimum absolute atomic E-state index is 0.268. The van der Waals surface area contributed by atoms with Crippen LogP contribution in [0.15, 0.2) is 66.1 Å². The first-order valence-corrected chi connectivity index (χ1v) is 7.76.